The van der Waals surface area contributed by atoms with Gasteiger partial charge in [-0.15, -0.1) is 11.3 Å². The number of ether oxygens (including phenoxy) is 1. The Hall–Kier alpha value is -1.70. The van der Waals surface area contributed by atoms with Gasteiger partial charge in [0.15, 0.2) is 5.69 Å². The van der Waals surface area contributed by atoms with Gasteiger partial charge >= 0.3 is 0 Å². The Morgan fingerprint density at radius 2 is 1.90 bits per heavy atom. The lowest BCUT2D eigenvalue weighted by Crippen LogP contribution is -2.49. The van der Waals surface area contributed by atoms with E-state index in [1.165, 1.54) is 41.1 Å². The molecule has 0 bridgehead atoms. The van der Waals surface area contributed by atoms with E-state index >= 15 is 0 Å². The first kappa shape index (κ1) is 19.0. The van der Waals surface area contributed by atoms with Crippen molar-refractivity contribution < 1.29 is 9.53 Å². The van der Waals surface area contributed by atoms with E-state index in [2.05, 4.69) is 21.0 Å². The molecule has 7 heteroatoms. The number of rotatable bonds is 4. The Balaban J connectivity index is 1.29. The highest BCUT2D eigenvalue weighted by atomic mass is 32.1. The largest absolute Gasteiger partial charge is 0.381 e. The van der Waals surface area contributed by atoms with Gasteiger partial charge in [-0.25, -0.2) is 0 Å². The van der Waals surface area contributed by atoms with Crippen molar-refractivity contribution in [1.82, 2.24) is 19.6 Å². The van der Waals surface area contributed by atoms with Crippen molar-refractivity contribution in [2.75, 3.05) is 45.9 Å². The standard InChI is InChI=1S/C23H30N4O2S/c28-23(26-10-8-25(9-11-26)15-16-1-2-16)21-19-3-4-20-18(7-14-30-20)22(19)27(24-21)17-5-12-29-13-6-17/h7,14,16-17H,1-6,8-13,15H2. The normalized spacial score (nSPS) is 22.7. The molecule has 30 heavy (non-hydrogen) atoms. The minimum atomic E-state index is 0.141. The number of fused-ring (bicyclic) bond motifs is 3. The second-order valence-electron chi connectivity index (χ2n) is 9.26. The van der Waals surface area contributed by atoms with Gasteiger partial charge in [0.05, 0.1) is 11.7 Å². The van der Waals surface area contributed by atoms with Gasteiger partial charge in [0, 0.05) is 61.9 Å². The first-order valence-electron chi connectivity index (χ1n) is 11.6. The zero-order valence-corrected chi connectivity index (χ0v) is 18.3. The molecule has 0 atom stereocenters. The van der Waals surface area contributed by atoms with Crippen LogP contribution in [0.1, 0.15) is 52.7 Å². The Morgan fingerprint density at radius 1 is 1.10 bits per heavy atom. The molecular weight excluding hydrogens is 396 g/mol. The van der Waals surface area contributed by atoms with E-state index in [4.69, 9.17) is 9.84 Å². The number of piperazine rings is 1. The third kappa shape index (κ3) is 3.41. The monoisotopic (exact) mass is 426 g/mol. The molecule has 0 radical (unpaired) electrons. The van der Waals surface area contributed by atoms with Crippen molar-refractivity contribution >= 4 is 17.2 Å². The lowest BCUT2D eigenvalue weighted by molar-refractivity contribution is 0.0611. The van der Waals surface area contributed by atoms with Gasteiger partial charge in [-0.2, -0.15) is 5.10 Å². The van der Waals surface area contributed by atoms with Crippen LogP contribution >= 0.6 is 11.3 Å². The SMILES string of the molecule is O=C(c1nn(C2CCOCC2)c2c1CCc1sccc1-2)N1CCN(CC2CC2)CC1. The molecule has 2 aromatic heterocycles. The highest BCUT2D eigenvalue weighted by Crippen LogP contribution is 2.41. The first-order chi connectivity index (χ1) is 14.8. The summed E-state index contributed by atoms with van der Waals surface area (Å²) in [6, 6.07) is 2.55. The molecule has 6 rings (SSSR count). The Bertz CT molecular complexity index is 933. The van der Waals surface area contributed by atoms with Crippen LogP contribution in [0.4, 0.5) is 0 Å². The van der Waals surface area contributed by atoms with E-state index in [0.717, 1.165) is 71.0 Å². The molecule has 2 aromatic rings. The second-order valence-corrected chi connectivity index (χ2v) is 10.3. The van der Waals surface area contributed by atoms with E-state index in [1.54, 1.807) is 0 Å². The van der Waals surface area contributed by atoms with Crippen LogP contribution in [0.25, 0.3) is 11.3 Å². The van der Waals surface area contributed by atoms with E-state index in [-0.39, 0.29) is 5.91 Å². The summed E-state index contributed by atoms with van der Waals surface area (Å²) >= 11 is 1.83. The summed E-state index contributed by atoms with van der Waals surface area (Å²) < 4.78 is 7.79. The number of thiophene rings is 1. The molecular formula is C23H30N4O2S. The van der Waals surface area contributed by atoms with Crippen molar-refractivity contribution in [2.45, 2.75) is 44.6 Å². The van der Waals surface area contributed by atoms with Crippen LogP contribution in [0.3, 0.4) is 0 Å². The average molecular weight is 427 g/mol. The molecule has 1 amide bonds. The highest BCUT2D eigenvalue weighted by Gasteiger charge is 2.35. The molecule has 0 unspecified atom stereocenters. The molecule has 2 aliphatic heterocycles. The molecule has 6 nitrogen and oxygen atoms in total. The van der Waals surface area contributed by atoms with Crippen LogP contribution in [-0.4, -0.2) is 71.4 Å². The van der Waals surface area contributed by atoms with E-state index < -0.39 is 0 Å². The molecule has 4 heterocycles. The number of aryl methyl sites for hydroxylation is 1. The third-order valence-corrected chi connectivity index (χ3v) is 8.20. The summed E-state index contributed by atoms with van der Waals surface area (Å²) in [5, 5.41) is 7.19. The Labute approximate surface area is 181 Å². The fourth-order valence-corrected chi connectivity index (χ4v) is 6.17. The van der Waals surface area contributed by atoms with Gasteiger partial charge in [-0.3, -0.25) is 14.4 Å². The Morgan fingerprint density at radius 3 is 2.67 bits per heavy atom. The van der Waals surface area contributed by atoms with Crippen LogP contribution in [0.5, 0.6) is 0 Å². The van der Waals surface area contributed by atoms with Crippen LogP contribution in [0.2, 0.25) is 0 Å². The summed E-state index contributed by atoms with van der Waals surface area (Å²) in [5.41, 5.74) is 4.40. The number of hydrogen-bond acceptors (Lipinski definition) is 5. The lowest BCUT2D eigenvalue weighted by Gasteiger charge is -2.34. The predicted octanol–water partition coefficient (Wildman–Crippen LogP) is 3.23. The number of amides is 1. The quantitative estimate of drug-likeness (QED) is 0.753. The average Bonchev–Trinajstić information content (AvgIpc) is 3.33. The van der Waals surface area contributed by atoms with Crippen LogP contribution in [0.15, 0.2) is 11.4 Å². The van der Waals surface area contributed by atoms with Gasteiger partial charge in [0.2, 0.25) is 0 Å². The number of hydrogen-bond donors (Lipinski definition) is 0. The molecule has 2 saturated heterocycles. The summed E-state index contributed by atoms with van der Waals surface area (Å²) in [5.74, 6) is 1.05. The second kappa shape index (κ2) is 7.77. The van der Waals surface area contributed by atoms with Gasteiger partial charge in [0.1, 0.15) is 0 Å². The number of carbonyl (C=O) groups is 1. The molecule has 1 saturated carbocycles. The van der Waals surface area contributed by atoms with Crippen LogP contribution in [0, 0.1) is 5.92 Å². The third-order valence-electron chi connectivity index (χ3n) is 7.22. The zero-order valence-electron chi connectivity index (χ0n) is 17.5. The fourth-order valence-electron chi connectivity index (χ4n) is 5.29. The van der Waals surface area contributed by atoms with E-state index in [1.807, 2.05) is 16.2 Å². The van der Waals surface area contributed by atoms with Crippen molar-refractivity contribution in [2.24, 2.45) is 5.92 Å². The maximum absolute atomic E-state index is 13.6. The molecule has 0 N–H and O–H groups in total. The van der Waals surface area contributed by atoms with Crippen molar-refractivity contribution in [3.8, 4) is 11.3 Å². The molecule has 0 aromatic carbocycles. The number of carbonyl (C=O) groups excluding carboxylic acids is 1. The fraction of sp³-hybridized carbons (Fsp3) is 0.652. The number of aromatic nitrogens is 2. The Kier molecular flexibility index (Phi) is 4.93. The maximum Gasteiger partial charge on any atom is 0.274 e. The molecule has 160 valence electrons. The molecule has 2 aliphatic carbocycles. The van der Waals surface area contributed by atoms with Crippen LogP contribution in [-0.2, 0) is 17.6 Å². The summed E-state index contributed by atoms with van der Waals surface area (Å²) in [6.45, 7) is 6.43. The highest BCUT2D eigenvalue weighted by molar-refractivity contribution is 7.10. The smallest absolute Gasteiger partial charge is 0.274 e. The van der Waals surface area contributed by atoms with Crippen molar-refractivity contribution in [3.63, 3.8) is 0 Å². The van der Waals surface area contributed by atoms with E-state index in [0.29, 0.717) is 11.7 Å². The zero-order chi connectivity index (χ0) is 20.1. The van der Waals surface area contributed by atoms with Crippen molar-refractivity contribution in [3.05, 3.63) is 27.6 Å². The van der Waals surface area contributed by atoms with Gasteiger partial charge in [-0.05, 0) is 55.9 Å². The van der Waals surface area contributed by atoms with E-state index in [9.17, 15) is 4.79 Å². The summed E-state index contributed by atoms with van der Waals surface area (Å²) in [4.78, 5) is 19.6. The summed E-state index contributed by atoms with van der Waals surface area (Å²) in [7, 11) is 0. The predicted molar refractivity (Wildman–Crippen MR) is 117 cm³/mol. The van der Waals surface area contributed by atoms with Gasteiger partial charge < -0.3 is 9.64 Å². The summed E-state index contributed by atoms with van der Waals surface area (Å²) in [6.07, 6.45) is 6.67. The minimum Gasteiger partial charge on any atom is -0.381 e. The van der Waals surface area contributed by atoms with Gasteiger partial charge in [0.25, 0.3) is 5.91 Å². The number of nitrogens with zero attached hydrogens (tertiary/aromatic N) is 4. The molecule has 4 aliphatic rings. The van der Waals surface area contributed by atoms with Gasteiger partial charge in [-0.1, -0.05) is 0 Å². The topological polar surface area (TPSA) is 50.6 Å². The minimum absolute atomic E-state index is 0.141. The first-order valence-corrected chi connectivity index (χ1v) is 12.4. The molecule has 0 spiro atoms. The molecule has 3 fully saturated rings. The van der Waals surface area contributed by atoms with Crippen LogP contribution < -0.4 is 0 Å². The van der Waals surface area contributed by atoms with Crippen molar-refractivity contribution in [1.29, 1.82) is 0 Å². The lowest BCUT2D eigenvalue weighted by atomic mass is 9.93. The maximum atomic E-state index is 13.6.